The summed E-state index contributed by atoms with van der Waals surface area (Å²) in [7, 11) is 0. The number of allylic oxidation sites excluding steroid dienone is 1. The molecule has 0 spiro atoms. The molecule has 0 radical (unpaired) electrons. The van der Waals surface area contributed by atoms with Crippen LogP contribution in [-0.2, 0) is 4.74 Å². The van der Waals surface area contributed by atoms with Crippen LogP contribution in [0.5, 0.6) is 0 Å². The number of carbonyl (C=O) groups excluding carboxylic acids is 1. The maximum atomic E-state index is 10.3. The molecule has 2 atom stereocenters. The molecule has 0 aromatic heterocycles. The summed E-state index contributed by atoms with van der Waals surface area (Å²) in [5.74, 6) is 1.13. The lowest BCUT2D eigenvalue weighted by Gasteiger charge is -2.07. The van der Waals surface area contributed by atoms with Crippen LogP contribution in [-0.4, -0.2) is 12.0 Å². The molecule has 0 heterocycles. The normalized spacial score (nSPS) is 28.4. The molecule has 0 saturated carbocycles. The Morgan fingerprint density at radius 2 is 2.42 bits per heavy atom. The number of halogens is 1. The second-order valence-electron chi connectivity index (χ2n) is 3.38. The Balaban J connectivity index is 2.41. The van der Waals surface area contributed by atoms with Gasteiger partial charge in [0.25, 0.3) is 0 Å². The van der Waals surface area contributed by atoms with E-state index >= 15 is 0 Å². The highest BCUT2D eigenvalue weighted by Gasteiger charge is 2.20. The van der Waals surface area contributed by atoms with Gasteiger partial charge in [-0.15, -0.1) is 0 Å². The molecule has 0 N–H and O–H groups in total. The van der Waals surface area contributed by atoms with E-state index in [1.54, 1.807) is 0 Å². The van der Waals surface area contributed by atoms with Crippen molar-refractivity contribution in [2.45, 2.75) is 20.3 Å². The van der Waals surface area contributed by atoms with E-state index < -0.39 is 5.43 Å². The minimum atomic E-state index is -0.720. The Hall–Kier alpha value is -0.500. The monoisotopic (exact) mass is 188 g/mol. The van der Waals surface area contributed by atoms with Gasteiger partial charge in [0.2, 0.25) is 0 Å². The second kappa shape index (κ2) is 3.94. The lowest BCUT2D eigenvalue weighted by atomic mass is 10.0. The highest BCUT2D eigenvalue weighted by molar-refractivity contribution is 6.61. The van der Waals surface area contributed by atoms with E-state index in [1.165, 1.54) is 5.57 Å². The van der Waals surface area contributed by atoms with E-state index in [-0.39, 0.29) is 0 Å². The van der Waals surface area contributed by atoms with Crippen LogP contribution >= 0.6 is 11.6 Å². The van der Waals surface area contributed by atoms with Gasteiger partial charge in [-0.3, -0.25) is 0 Å². The molecule has 2 nitrogen and oxygen atoms in total. The SMILES string of the molecule is CC1C=C(COC(=O)Cl)C(C)C1. The van der Waals surface area contributed by atoms with Crippen molar-refractivity contribution >= 4 is 17.0 Å². The Morgan fingerprint density at radius 3 is 2.83 bits per heavy atom. The van der Waals surface area contributed by atoms with Crippen LogP contribution in [0.4, 0.5) is 4.79 Å². The third kappa shape index (κ3) is 2.52. The summed E-state index contributed by atoms with van der Waals surface area (Å²) in [5.41, 5.74) is 0.471. The molecule has 0 amide bonds. The summed E-state index contributed by atoms with van der Waals surface area (Å²) in [6.07, 6.45) is 3.31. The highest BCUT2D eigenvalue weighted by atomic mass is 35.5. The molecule has 0 aromatic carbocycles. The van der Waals surface area contributed by atoms with Crippen molar-refractivity contribution in [1.82, 2.24) is 0 Å². The Bertz CT molecular complexity index is 211. The summed E-state index contributed by atoms with van der Waals surface area (Å²) in [6, 6.07) is 0. The van der Waals surface area contributed by atoms with E-state index in [9.17, 15) is 4.79 Å². The number of hydrogen-bond donors (Lipinski definition) is 0. The third-order valence-electron chi connectivity index (χ3n) is 2.21. The topological polar surface area (TPSA) is 26.3 Å². The van der Waals surface area contributed by atoms with Gasteiger partial charge >= 0.3 is 5.43 Å². The maximum absolute atomic E-state index is 10.3. The van der Waals surface area contributed by atoms with Gasteiger partial charge < -0.3 is 4.74 Å². The van der Waals surface area contributed by atoms with Gasteiger partial charge in [-0.25, -0.2) is 4.79 Å². The van der Waals surface area contributed by atoms with Crippen LogP contribution in [0.3, 0.4) is 0 Å². The van der Waals surface area contributed by atoms with Crippen LogP contribution in [0.25, 0.3) is 0 Å². The second-order valence-corrected chi connectivity index (χ2v) is 3.69. The first-order valence-electron chi connectivity index (χ1n) is 4.12. The summed E-state index contributed by atoms with van der Waals surface area (Å²) < 4.78 is 4.70. The van der Waals surface area contributed by atoms with Crippen molar-refractivity contribution in [1.29, 1.82) is 0 Å². The lowest BCUT2D eigenvalue weighted by molar-refractivity contribution is 0.181. The van der Waals surface area contributed by atoms with E-state index in [4.69, 9.17) is 16.3 Å². The van der Waals surface area contributed by atoms with Gasteiger partial charge in [0.1, 0.15) is 6.61 Å². The maximum Gasteiger partial charge on any atom is 0.404 e. The number of rotatable bonds is 2. The zero-order valence-electron chi connectivity index (χ0n) is 7.34. The Kier molecular flexibility index (Phi) is 3.15. The van der Waals surface area contributed by atoms with Crippen molar-refractivity contribution < 1.29 is 9.53 Å². The summed E-state index contributed by atoms with van der Waals surface area (Å²) in [4.78, 5) is 10.3. The van der Waals surface area contributed by atoms with Gasteiger partial charge in [-0.2, -0.15) is 0 Å². The van der Waals surface area contributed by atoms with Gasteiger partial charge in [0, 0.05) is 11.6 Å². The Labute approximate surface area is 77.5 Å². The summed E-state index contributed by atoms with van der Waals surface area (Å²) >= 11 is 5.05. The van der Waals surface area contributed by atoms with Crippen molar-refractivity contribution in [2.24, 2.45) is 11.8 Å². The molecule has 2 unspecified atom stereocenters. The molecule has 3 heteroatoms. The molecule has 12 heavy (non-hydrogen) atoms. The van der Waals surface area contributed by atoms with Gasteiger partial charge in [-0.05, 0) is 23.8 Å². The van der Waals surface area contributed by atoms with Gasteiger partial charge in [-0.1, -0.05) is 19.9 Å². The average molecular weight is 189 g/mol. The van der Waals surface area contributed by atoms with Crippen LogP contribution in [0.15, 0.2) is 11.6 Å². The van der Waals surface area contributed by atoms with Gasteiger partial charge in [0.05, 0.1) is 0 Å². The smallest absolute Gasteiger partial charge is 0.404 e. The standard InChI is InChI=1S/C9H13ClO2/c1-6-3-7(2)8(4-6)5-12-9(10)11/h4,6-7H,3,5H2,1-2H3. The van der Waals surface area contributed by atoms with Crippen LogP contribution in [0.1, 0.15) is 20.3 Å². The minimum Gasteiger partial charge on any atom is -0.449 e. The van der Waals surface area contributed by atoms with E-state index in [1.807, 2.05) is 0 Å². The van der Waals surface area contributed by atoms with E-state index in [0.29, 0.717) is 18.4 Å². The summed E-state index contributed by atoms with van der Waals surface area (Å²) in [6.45, 7) is 4.65. The van der Waals surface area contributed by atoms with Crippen molar-refractivity contribution in [3.05, 3.63) is 11.6 Å². The first-order chi connectivity index (χ1) is 5.59. The predicted octanol–water partition coefficient (Wildman–Crippen LogP) is 2.96. The largest absolute Gasteiger partial charge is 0.449 e. The van der Waals surface area contributed by atoms with E-state index in [0.717, 1.165) is 6.42 Å². The fourth-order valence-electron chi connectivity index (χ4n) is 1.64. The fraction of sp³-hybridized carbons (Fsp3) is 0.667. The van der Waals surface area contributed by atoms with Crippen molar-refractivity contribution in [2.75, 3.05) is 6.61 Å². The molecule has 1 rings (SSSR count). The molecule has 0 fully saturated rings. The molecule has 0 aliphatic heterocycles. The summed E-state index contributed by atoms with van der Waals surface area (Å²) in [5, 5.41) is 0. The molecule has 0 saturated heterocycles. The first-order valence-corrected chi connectivity index (χ1v) is 4.50. The third-order valence-corrected chi connectivity index (χ3v) is 2.32. The Morgan fingerprint density at radius 1 is 1.75 bits per heavy atom. The number of ether oxygens (including phenoxy) is 1. The molecule has 0 aromatic rings. The fourth-order valence-corrected chi connectivity index (χ4v) is 1.69. The zero-order chi connectivity index (χ0) is 9.14. The number of hydrogen-bond acceptors (Lipinski definition) is 2. The molecule has 1 aliphatic rings. The average Bonchev–Trinajstić information content (AvgIpc) is 2.26. The van der Waals surface area contributed by atoms with Crippen molar-refractivity contribution in [3.63, 3.8) is 0 Å². The van der Waals surface area contributed by atoms with Crippen LogP contribution < -0.4 is 0 Å². The predicted molar refractivity (Wildman–Crippen MR) is 48.2 cm³/mol. The van der Waals surface area contributed by atoms with Crippen LogP contribution in [0, 0.1) is 11.8 Å². The highest BCUT2D eigenvalue weighted by Crippen LogP contribution is 2.29. The number of carbonyl (C=O) groups is 1. The lowest BCUT2D eigenvalue weighted by Crippen LogP contribution is -2.04. The van der Waals surface area contributed by atoms with E-state index in [2.05, 4.69) is 19.9 Å². The minimum absolute atomic E-state index is 0.355. The molecule has 1 aliphatic carbocycles. The molecule has 0 bridgehead atoms. The quantitative estimate of drug-likeness (QED) is 0.492. The zero-order valence-corrected chi connectivity index (χ0v) is 8.10. The van der Waals surface area contributed by atoms with Crippen molar-refractivity contribution in [3.8, 4) is 0 Å². The molecular weight excluding hydrogens is 176 g/mol. The molecular formula is C9H13ClO2. The van der Waals surface area contributed by atoms with Gasteiger partial charge in [0.15, 0.2) is 0 Å². The van der Waals surface area contributed by atoms with Crippen LogP contribution in [0.2, 0.25) is 0 Å². The first kappa shape index (κ1) is 9.59. The molecule has 68 valence electrons.